The topological polar surface area (TPSA) is 70.7 Å². The van der Waals surface area contributed by atoms with Crippen LogP contribution in [0.5, 0.6) is 0 Å². The van der Waals surface area contributed by atoms with Gasteiger partial charge in [-0.15, -0.1) is 0 Å². The number of amides is 1. The van der Waals surface area contributed by atoms with Gasteiger partial charge in [-0.2, -0.15) is 0 Å². The Balaban J connectivity index is 1.64. The molecule has 6 heteroatoms. The van der Waals surface area contributed by atoms with Gasteiger partial charge in [0.25, 0.3) is 5.91 Å². The van der Waals surface area contributed by atoms with Crippen molar-refractivity contribution in [3.63, 3.8) is 0 Å². The second kappa shape index (κ2) is 7.81. The maximum Gasteiger partial charge on any atom is 0.264 e. The Kier molecular flexibility index (Phi) is 5.22. The molecule has 1 atom stereocenters. The molecule has 0 aliphatic carbocycles. The Labute approximate surface area is 176 Å². The van der Waals surface area contributed by atoms with Crippen LogP contribution in [0.4, 0.5) is 5.69 Å². The van der Waals surface area contributed by atoms with Crippen molar-refractivity contribution in [1.82, 2.24) is 0 Å². The zero-order chi connectivity index (χ0) is 20.4. The zero-order valence-corrected chi connectivity index (χ0v) is 17.0. The molecule has 3 aromatic rings. The predicted octanol–water partition coefficient (Wildman–Crippen LogP) is 4.45. The molecule has 4 rings (SSSR count). The molecule has 1 N–H and O–H groups in total. The van der Waals surface area contributed by atoms with E-state index in [2.05, 4.69) is 15.9 Å². The normalized spacial score (nSPS) is 18.4. The zero-order valence-electron chi connectivity index (χ0n) is 15.4. The highest BCUT2D eigenvalue weighted by atomic mass is 79.9. The van der Waals surface area contributed by atoms with Gasteiger partial charge >= 0.3 is 0 Å². The van der Waals surface area contributed by atoms with Crippen molar-refractivity contribution in [2.24, 2.45) is 0 Å². The monoisotopic (exact) mass is 451 g/mol. The largest absolute Gasteiger partial charge is 0.465 e. The van der Waals surface area contributed by atoms with Crippen LogP contribution in [0.2, 0.25) is 0 Å². The van der Waals surface area contributed by atoms with Crippen molar-refractivity contribution in [1.29, 1.82) is 0 Å². The fourth-order valence-corrected chi connectivity index (χ4v) is 3.85. The van der Waals surface area contributed by atoms with Crippen LogP contribution in [0.1, 0.15) is 23.3 Å². The molecule has 1 amide bonds. The summed E-state index contributed by atoms with van der Waals surface area (Å²) in [5, 5.41) is 11.3. The molecule has 5 nitrogen and oxygen atoms in total. The summed E-state index contributed by atoms with van der Waals surface area (Å²) in [7, 11) is 0. The van der Waals surface area contributed by atoms with Crippen LogP contribution in [0.15, 0.2) is 81.9 Å². The molecule has 1 aromatic heterocycles. The number of anilines is 1. The number of aliphatic hydroxyl groups is 1. The standard InChI is InChI=1S/C23H18BrNO4/c24-17-8-11-21-20(13-17)23(28,14-18(26)9-10-19-7-4-12-29-19)22(27)25(21)15-16-5-2-1-3-6-16/h1-13,28H,14-15H2/b10-9+/t23-/m1/s1. The summed E-state index contributed by atoms with van der Waals surface area (Å²) >= 11 is 3.39. The molecule has 0 radical (unpaired) electrons. The molecule has 1 aliphatic heterocycles. The van der Waals surface area contributed by atoms with Gasteiger partial charge in [0.1, 0.15) is 5.76 Å². The summed E-state index contributed by atoms with van der Waals surface area (Å²) in [6.45, 7) is 0.313. The molecule has 2 aromatic carbocycles. The number of benzene rings is 2. The minimum Gasteiger partial charge on any atom is -0.465 e. The van der Waals surface area contributed by atoms with E-state index < -0.39 is 11.5 Å². The Hall–Kier alpha value is -2.96. The van der Waals surface area contributed by atoms with Crippen LogP contribution in [0.3, 0.4) is 0 Å². The number of nitrogens with zero attached hydrogens (tertiary/aromatic N) is 1. The smallest absolute Gasteiger partial charge is 0.264 e. The number of allylic oxidation sites excluding steroid dienone is 1. The van der Waals surface area contributed by atoms with Crippen LogP contribution in [-0.2, 0) is 21.7 Å². The highest BCUT2D eigenvalue weighted by Gasteiger charge is 2.50. The first-order chi connectivity index (χ1) is 14.0. The first-order valence-electron chi connectivity index (χ1n) is 9.10. The average Bonchev–Trinajstić information content (AvgIpc) is 3.30. The molecule has 146 valence electrons. The van der Waals surface area contributed by atoms with E-state index in [4.69, 9.17) is 4.42 Å². The summed E-state index contributed by atoms with van der Waals surface area (Å²) in [5.41, 5.74) is 0.0429. The van der Waals surface area contributed by atoms with Crippen molar-refractivity contribution in [2.45, 2.75) is 18.6 Å². The molecule has 0 saturated heterocycles. The Morgan fingerprint density at radius 1 is 1.14 bits per heavy atom. The van der Waals surface area contributed by atoms with Crippen LogP contribution >= 0.6 is 15.9 Å². The van der Waals surface area contributed by atoms with Gasteiger partial charge in [-0.1, -0.05) is 46.3 Å². The van der Waals surface area contributed by atoms with E-state index in [1.54, 1.807) is 24.3 Å². The van der Waals surface area contributed by atoms with Crippen molar-refractivity contribution in [3.8, 4) is 0 Å². The third kappa shape index (κ3) is 3.81. The molecule has 0 bridgehead atoms. The van der Waals surface area contributed by atoms with Crippen molar-refractivity contribution in [2.75, 3.05) is 4.90 Å². The maximum absolute atomic E-state index is 13.2. The molecular formula is C23H18BrNO4. The number of hydrogen-bond acceptors (Lipinski definition) is 4. The number of halogens is 1. The minimum absolute atomic E-state index is 0.313. The summed E-state index contributed by atoms with van der Waals surface area (Å²) in [6, 6.07) is 18.3. The SMILES string of the molecule is O=C(/C=C/c1ccco1)C[C@]1(O)C(=O)N(Cc2ccccc2)c2ccc(Br)cc21. The van der Waals surface area contributed by atoms with Gasteiger partial charge in [0.05, 0.1) is 24.9 Å². The molecular weight excluding hydrogens is 434 g/mol. The lowest BCUT2D eigenvalue weighted by molar-refractivity contribution is -0.140. The fraction of sp³-hybridized carbons (Fsp3) is 0.130. The van der Waals surface area contributed by atoms with Crippen LogP contribution < -0.4 is 4.90 Å². The lowest BCUT2D eigenvalue weighted by Crippen LogP contribution is -2.41. The minimum atomic E-state index is -1.92. The van der Waals surface area contributed by atoms with Crippen molar-refractivity contribution in [3.05, 3.63) is 94.4 Å². The number of carbonyl (C=O) groups excluding carboxylic acids is 2. The molecule has 2 heterocycles. The van der Waals surface area contributed by atoms with Gasteiger partial charge in [0.15, 0.2) is 11.4 Å². The van der Waals surface area contributed by atoms with E-state index in [9.17, 15) is 14.7 Å². The molecule has 0 fully saturated rings. The Morgan fingerprint density at radius 3 is 2.66 bits per heavy atom. The van der Waals surface area contributed by atoms with Gasteiger partial charge in [-0.3, -0.25) is 9.59 Å². The second-order valence-corrected chi connectivity index (χ2v) is 7.81. The van der Waals surface area contributed by atoms with Crippen molar-refractivity contribution < 1.29 is 19.1 Å². The van der Waals surface area contributed by atoms with E-state index in [-0.39, 0.29) is 12.2 Å². The van der Waals surface area contributed by atoms with Gasteiger partial charge in [0.2, 0.25) is 0 Å². The number of fused-ring (bicyclic) bond motifs is 1. The van der Waals surface area contributed by atoms with Gasteiger partial charge in [-0.05, 0) is 48.0 Å². The number of rotatable bonds is 6. The first kappa shape index (κ1) is 19.4. The quantitative estimate of drug-likeness (QED) is 0.562. The first-order valence-corrected chi connectivity index (χ1v) is 9.89. The van der Waals surface area contributed by atoms with Gasteiger partial charge in [0, 0.05) is 10.0 Å². The molecule has 0 unspecified atom stereocenters. The summed E-state index contributed by atoms with van der Waals surface area (Å²) in [5.74, 6) is -0.351. The third-order valence-electron chi connectivity index (χ3n) is 4.88. The fourth-order valence-electron chi connectivity index (χ4n) is 3.49. The highest BCUT2D eigenvalue weighted by molar-refractivity contribution is 9.10. The number of carbonyl (C=O) groups is 2. The Bertz CT molecular complexity index is 1080. The summed E-state index contributed by atoms with van der Waals surface area (Å²) < 4.78 is 5.90. The molecule has 29 heavy (non-hydrogen) atoms. The summed E-state index contributed by atoms with van der Waals surface area (Å²) in [4.78, 5) is 27.3. The second-order valence-electron chi connectivity index (χ2n) is 6.89. The Morgan fingerprint density at radius 2 is 1.93 bits per heavy atom. The molecule has 1 aliphatic rings. The van der Waals surface area contributed by atoms with E-state index in [0.717, 1.165) is 10.0 Å². The van der Waals surface area contributed by atoms with Gasteiger partial charge in [-0.25, -0.2) is 0 Å². The van der Waals surface area contributed by atoms with E-state index in [1.807, 2.05) is 36.4 Å². The summed E-state index contributed by atoms with van der Waals surface area (Å²) in [6.07, 6.45) is 4.00. The maximum atomic E-state index is 13.2. The average molecular weight is 452 g/mol. The van der Waals surface area contributed by atoms with E-state index in [0.29, 0.717) is 23.6 Å². The number of furan rings is 1. The number of ketones is 1. The number of hydrogen-bond donors (Lipinski definition) is 1. The lowest BCUT2D eigenvalue weighted by atomic mass is 9.90. The van der Waals surface area contributed by atoms with Crippen LogP contribution in [0.25, 0.3) is 6.08 Å². The highest BCUT2D eigenvalue weighted by Crippen LogP contribution is 2.44. The lowest BCUT2D eigenvalue weighted by Gasteiger charge is -2.22. The van der Waals surface area contributed by atoms with Gasteiger partial charge < -0.3 is 14.4 Å². The van der Waals surface area contributed by atoms with Crippen LogP contribution in [0, 0.1) is 0 Å². The predicted molar refractivity (Wildman–Crippen MR) is 113 cm³/mol. The molecule has 0 saturated carbocycles. The van der Waals surface area contributed by atoms with E-state index in [1.165, 1.54) is 23.3 Å². The molecule has 0 spiro atoms. The van der Waals surface area contributed by atoms with E-state index >= 15 is 0 Å². The third-order valence-corrected chi connectivity index (χ3v) is 5.38. The van der Waals surface area contributed by atoms with Crippen LogP contribution in [-0.4, -0.2) is 16.8 Å². The van der Waals surface area contributed by atoms with Crippen molar-refractivity contribution >= 4 is 39.4 Å².